The predicted octanol–water partition coefficient (Wildman–Crippen LogP) is 14.5. The molecule has 4 heteroatoms. The molecule has 0 bridgehead atoms. The van der Waals surface area contributed by atoms with Crippen molar-refractivity contribution in [2.24, 2.45) is 5.92 Å². The normalized spacial score (nSPS) is 13.7. The van der Waals surface area contributed by atoms with Gasteiger partial charge < -0.3 is 9.13 Å². The van der Waals surface area contributed by atoms with E-state index in [-0.39, 0.29) is 0 Å². The summed E-state index contributed by atoms with van der Waals surface area (Å²) in [7, 11) is 0. The third-order valence-electron chi connectivity index (χ3n) is 12.5. The summed E-state index contributed by atoms with van der Waals surface area (Å²) in [6, 6.07) is 69.6. The minimum absolute atomic E-state index is 0.502. The molecule has 3 aromatic heterocycles. The first-order valence-corrected chi connectivity index (χ1v) is 21.1. The second-order valence-electron chi connectivity index (χ2n) is 16.3. The lowest BCUT2D eigenvalue weighted by Crippen LogP contribution is -2.05. The lowest BCUT2D eigenvalue weighted by molar-refractivity contribution is 0.718. The van der Waals surface area contributed by atoms with Gasteiger partial charge in [-0.2, -0.15) is 0 Å². The second kappa shape index (κ2) is 14.2. The smallest absolute Gasteiger partial charge is 0.0973 e. The molecule has 4 nitrogen and oxygen atoms in total. The van der Waals surface area contributed by atoms with Gasteiger partial charge in [0.1, 0.15) is 0 Å². The maximum Gasteiger partial charge on any atom is 0.0973 e. The number of rotatable bonds is 6. The fraction of sp³-hybridized carbons (Fsp3) is 0.0526. The van der Waals surface area contributed by atoms with Crippen molar-refractivity contribution in [2.45, 2.75) is 13.3 Å². The zero-order valence-corrected chi connectivity index (χ0v) is 33.7. The van der Waals surface area contributed by atoms with Crippen molar-refractivity contribution < 1.29 is 0 Å². The van der Waals surface area contributed by atoms with Gasteiger partial charge in [0.2, 0.25) is 0 Å². The highest BCUT2D eigenvalue weighted by Gasteiger charge is 2.22. The number of para-hydroxylation sites is 5. The number of fused-ring (bicyclic) bond motifs is 7. The molecule has 0 fully saturated rings. The fourth-order valence-corrected chi connectivity index (χ4v) is 9.50. The highest BCUT2D eigenvalue weighted by molar-refractivity contribution is 6.10. The molecule has 1 aliphatic rings. The van der Waals surface area contributed by atoms with Crippen molar-refractivity contribution in [1.29, 1.82) is 0 Å². The van der Waals surface area contributed by atoms with E-state index in [9.17, 15) is 0 Å². The van der Waals surface area contributed by atoms with Gasteiger partial charge in [0.25, 0.3) is 0 Å². The van der Waals surface area contributed by atoms with Crippen molar-refractivity contribution in [3.8, 4) is 56.1 Å². The van der Waals surface area contributed by atoms with Crippen LogP contribution in [0.5, 0.6) is 0 Å². The number of aromatic nitrogens is 4. The Morgan fingerprint density at radius 2 is 0.869 bits per heavy atom. The van der Waals surface area contributed by atoms with E-state index in [2.05, 4.69) is 198 Å². The first kappa shape index (κ1) is 35.2. The first-order valence-electron chi connectivity index (χ1n) is 21.1. The molecule has 3 heterocycles. The van der Waals surface area contributed by atoms with Gasteiger partial charge >= 0.3 is 0 Å². The molecule has 0 amide bonds. The molecule has 61 heavy (non-hydrogen) atoms. The summed E-state index contributed by atoms with van der Waals surface area (Å²) < 4.78 is 4.77. The Labute approximate surface area is 354 Å². The highest BCUT2D eigenvalue weighted by Crippen LogP contribution is 2.40. The molecular weight excluding hydrogens is 741 g/mol. The Balaban J connectivity index is 0.909. The summed E-state index contributed by atoms with van der Waals surface area (Å²) in [6.45, 7) is 2.30. The Hall–Kier alpha value is -7.82. The van der Waals surface area contributed by atoms with Gasteiger partial charge in [-0.3, -0.25) is 0 Å². The molecule has 1 atom stereocenters. The number of hydrogen-bond acceptors (Lipinski definition) is 2. The van der Waals surface area contributed by atoms with Crippen LogP contribution in [0.1, 0.15) is 18.2 Å². The number of allylic oxidation sites excluding steroid dienone is 1. The van der Waals surface area contributed by atoms with E-state index >= 15 is 0 Å². The van der Waals surface area contributed by atoms with E-state index in [1.54, 1.807) is 0 Å². The van der Waals surface area contributed by atoms with Gasteiger partial charge in [0.05, 0.1) is 39.0 Å². The van der Waals surface area contributed by atoms with Crippen molar-refractivity contribution in [3.63, 3.8) is 0 Å². The lowest BCUT2D eigenvalue weighted by Gasteiger charge is -2.15. The van der Waals surface area contributed by atoms with Crippen molar-refractivity contribution in [2.75, 3.05) is 0 Å². The second-order valence-corrected chi connectivity index (χ2v) is 16.3. The van der Waals surface area contributed by atoms with Gasteiger partial charge in [-0.15, -0.1) is 0 Å². The monoisotopic (exact) mass is 780 g/mol. The van der Waals surface area contributed by atoms with Gasteiger partial charge in [0.15, 0.2) is 0 Å². The molecule has 12 rings (SSSR count). The Kier molecular flexibility index (Phi) is 8.17. The molecule has 0 saturated carbocycles. The van der Waals surface area contributed by atoms with Crippen LogP contribution in [0, 0.1) is 5.92 Å². The number of hydrogen-bond donors (Lipinski definition) is 0. The third kappa shape index (κ3) is 5.90. The molecule has 0 aliphatic heterocycles. The van der Waals surface area contributed by atoms with E-state index in [0.717, 1.165) is 51.2 Å². The number of benzene rings is 8. The molecule has 1 aliphatic carbocycles. The van der Waals surface area contributed by atoms with Crippen LogP contribution in [0.2, 0.25) is 0 Å². The topological polar surface area (TPSA) is 35.6 Å². The molecule has 8 aromatic carbocycles. The largest absolute Gasteiger partial charge is 0.310 e. The molecule has 11 aromatic rings. The molecule has 0 N–H and O–H groups in total. The van der Waals surface area contributed by atoms with Crippen molar-refractivity contribution >= 4 is 49.8 Å². The summed E-state index contributed by atoms with van der Waals surface area (Å²) in [5, 5.41) is 3.81. The molecule has 1 unspecified atom stereocenters. The van der Waals surface area contributed by atoms with E-state index in [0.29, 0.717) is 5.92 Å². The molecule has 0 radical (unpaired) electrons. The minimum Gasteiger partial charge on any atom is -0.310 e. The minimum atomic E-state index is 0.502. The summed E-state index contributed by atoms with van der Waals surface area (Å²) in [5.41, 5.74) is 19.0. The van der Waals surface area contributed by atoms with E-state index < -0.39 is 0 Å². The molecule has 0 saturated heterocycles. The molecule has 288 valence electrons. The van der Waals surface area contributed by atoms with E-state index in [4.69, 9.17) is 9.97 Å². The first-order chi connectivity index (χ1) is 30.1. The Bertz CT molecular complexity index is 3480. The quantitative estimate of drug-likeness (QED) is 0.168. The van der Waals surface area contributed by atoms with Gasteiger partial charge in [-0.05, 0) is 113 Å². The van der Waals surface area contributed by atoms with E-state index in [1.807, 2.05) is 24.3 Å². The van der Waals surface area contributed by atoms with E-state index in [1.165, 1.54) is 66.3 Å². The summed E-state index contributed by atoms with van der Waals surface area (Å²) >= 11 is 0. The van der Waals surface area contributed by atoms with Crippen LogP contribution in [-0.4, -0.2) is 19.1 Å². The maximum absolute atomic E-state index is 5.25. The SMILES string of the molecule is CC1C=Cc2c(c3cc(-c4ccc(-c5nc6ccccc6nc5-c5ccc(-c6ccc7c(c6)c6ccccc6n7-c6ccccc6)cc5)cc4)ccc3n2-c2ccccc2)C1. The van der Waals surface area contributed by atoms with Crippen LogP contribution in [0.15, 0.2) is 200 Å². The molecule has 0 spiro atoms. The van der Waals surface area contributed by atoms with Crippen molar-refractivity contribution in [1.82, 2.24) is 19.1 Å². The van der Waals surface area contributed by atoms with Crippen LogP contribution in [-0.2, 0) is 6.42 Å². The standard InChI is InChI=1S/C57H40N4/c1-37-20-31-53-47(34-37)49-36-43(30-33-55(49)61(53)45-14-6-3-7-15-45)39-23-27-41(28-24-39)57-56(58-50-17-9-10-18-51(50)59-57)40-25-21-38(22-26-40)42-29-32-54-48(35-42)46-16-8-11-19-52(46)60(54)44-12-4-2-5-13-44/h2-33,35-37H,34H2,1H3. The third-order valence-corrected chi connectivity index (χ3v) is 12.5. The predicted molar refractivity (Wildman–Crippen MR) is 254 cm³/mol. The lowest BCUT2D eigenvalue weighted by atomic mass is 9.92. The average molecular weight is 781 g/mol. The number of nitrogens with zero attached hydrogens (tertiary/aromatic N) is 4. The Morgan fingerprint density at radius 3 is 1.48 bits per heavy atom. The highest BCUT2D eigenvalue weighted by atomic mass is 15.0. The zero-order valence-electron chi connectivity index (χ0n) is 33.7. The van der Waals surface area contributed by atoms with Crippen LogP contribution in [0.3, 0.4) is 0 Å². The van der Waals surface area contributed by atoms with Crippen LogP contribution in [0.4, 0.5) is 0 Å². The summed E-state index contributed by atoms with van der Waals surface area (Å²) in [4.78, 5) is 10.5. The summed E-state index contributed by atoms with van der Waals surface area (Å²) in [6.07, 6.45) is 5.68. The van der Waals surface area contributed by atoms with Gasteiger partial charge in [-0.1, -0.05) is 140 Å². The molecular formula is C57H40N4. The summed E-state index contributed by atoms with van der Waals surface area (Å²) in [5.74, 6) is 0.502. The Morgan fingerprint density at radius 1 is 0.410 bits per heavy atom. The van der Waals surface area contributed by atoms with Crippen LogP contribution >= 0.6 is 0 Å². The maximum atomic E-state index is 5.25. The van der Waals surface area contributed by atoms with Crippen molar-refractivity contribution in [3.05, 3.63) is 211 Å². The average Bonchev–Trinajstić information content (AvgIpc) is 3.83. The van der Waals surface area contributed by atoms with Crippen LogP contribution < -0.4 is 0 Å². The van der Waals surface area contributed by atoms with Gasteiger partial charge in [0, 0.05) is 44.4 Å². The zero-order chi connectivity index (χ0) is 40.4. The fourth-order valence-electron chi connectivity index (χ4n) is 9.50. The van der Waals surface area contributed by atoms with Gasteiger partial charge in [-0.25, -0.2) is 9.97 Å². The van der Waals surface area contributed by atoms with Crippen LogP contribution in [0.25, 0.3) is 106 Å².